The zero-order chi connectivity index (χ0) is 15.2. The first-order valence-electron chi connectivity index (χ1n) is 7.45. The quantitative estimate of drug-likeness (QED) is 0.866. The minimum atomic E-state index is -0.00438. The van der Waals surface area contributed by atoms with Crippen molar-refractivity contribution in [1.29, 1.82) is 0 Å². The number of carbonyl (C=O) groups excluding carboxylic acids is 2. The van der Waals surface area contributed by atoms with E-state index in [1.54, 1.807) is 0 Å². The van der Waals surface area contributed by atoms with Crippen LogP contribution in [0.4, 0.5) is 0 Å². The van der Waals surface area contributed by atoms with Crippen LogP contribution >= 0.6 is 0 Å². The van der Waals surface area contributed by atoms with Gasteiger partial charge in [0.2, 0.25) is 5.91 Å². The number of carbonyl (C=O) groups is 2. The molecule has 1 heterocycles. The molecule has 0 saturated carbocycles. The third-order valence-corrected chi connectivity index (χ3v) is 3.82. The van der Waals surface area contributed by atoms with Gasteiger partial charge in [-0.3, -0.25) is 9.59 Å². The molecule has 5 heteroatoms. The molecule has 0 bridgehead atoms. The normalized spacial score (nSPS) is 15.8. The molecular formula is C16H23N3O2. The number of rotatable bonds is 4. The predicted octanol–water partition coefficient (Wildman–Crippen LogP) is 0.928. The van der Waals surface area contributed by atoms with Gasteiger partial charge in [-0.15, -0.1) is 0 Å². The number of hydrogen-bond acceptors (Lipinski definition) is 3. The van der Waals surface area contributed by atoms with E-state index >= 15 is 0 Å². The van der Waals surface area contributed by atoms with E-state index in [2.05, 4.69) is 5.32 Å². The summed E-state index contributed by atoms with van der Waals surface area (Å²) in [5.41, 5.74) is 7.39. The fourth-order valence-electron chi connectivity index (χ4n) is 2.68. The Kier molecular flexibility index (Phi) is 5.33. The van der Waals surface area contributed by atoms with Gasteiger partial charge in [0.15, 0.2) is 0 Å². The van der Waals surface area contributed by atoms with E-state index in [4.69, 9.17) is 5.73 Å². The zero-order valence-corrected chi connectivity index (χ0v) is 12.5. The molecule has 1 aromatic rings. The molecule has 0 aliphatic carbocycles. The summed E-state index contributed by atoms with van der Waals surface area (Å²) >= 11 is 0. The molecule has 1 aromatic carbocycles. The van der Waals surface area contributed by atoms with Crippen molar-refractivity contribution in [3.63, 3.8) is 0 Å². The van der Waals surface area contributed by atoms with E-state index in [1.807, 2.05) is 29.2 Å². The first-order valence-corrected chi connectivity index (χ1v) is 7.45. The van der Waals surface area contributed by atoms with E-state index in [0.717, 1.165) is 24.8 Å². The first kappa shape index (κ1) is 15.5. The lowest BCUT2D eigenvalue weighted by Gasteiger charge is -2.32. The molecule has 5 nitrogen and oxygen atoms in total. The second-order valence-electron chi connectivity index (χ2n) is 5.50. The average Bonchev–Trinajstić information content (AvgIpc) is 2.48. The number of nitrogens with two attached hydrogens (primary N) is 1. The molecule has 0 atom stereocenters. The summed E-state index contributed by atoms with van der Waals surface area (Å²) in [5, 5.41) is 2.91. The average molecular weight is 289 g/mol. The summed E-state index contributed by atoms with van der Waals surface area (Å²) in [6.45, 7) is 3.52. The van der Waals surface area contributed by atoms with Crippen LogP contribution in [-0.4, -0.2) is 42.4 Å². The Morgan fingerprint density at radius 2 is 1.86 bits per heavy atom. The molecule has 2 amide bonds. The molecule has 0 unspecified atom stereocenters. The Balaban J connectivity index is 1.90. The summed E-state index contributed by atoms with van der Waals surface area (Å²) in [6, 6.07) is 7.85. The van der Waals surface area contributed by atoms with Crippen LogP contribution in [0.5, 0.6) is 0 Å². The number of nitrogens with one attached hydrogen (secondary N) is 1. The van der Waals surface area contributed by atoms with Gasteiger partial charge in [0.05, 0.1) is 0 Å². The van der Waals surface area contributed by atoms with Crippen LogP contribution in [0.25, 0.3) is 0 Å². The Morgan fingerprint density at radius 3 is 2.38 bits per heavy atom. The molecule has 0 aromatic heterocycles. The number of likely N-dealkylation sites (tertiary alicyclic amines) is 1. The van der Waals surface area contributed by atoms with E-state index < -0.39 is 0 Å². The molecule has 1 aliphatic heterocycles. The SMILES string of the molecule is CC(=O)NC1CCN(C(=O)c2ccc(CCN)cc2)CC1. The highest BCUT2D eigenvalue weighted by molar-refractivity contribution is 5.94. The second-order valence-corrected chi connectivity index (χ2v) is 5.50. The van der Waals surface area contributed by atoms with Gasteiger partial charge in [-0.1, -0.05) is 12.1 Å². The lowest BCUT2D eigenvalue weighted by atomic mass is 10.0. The van der Waals surface area contributed by atoms with Crippen molar-refractivity contribution in [2.24, 2.45) is 5.73 Å². The maximum atomic E-state index is 12.4. The number of nitrogens with zero attached hydrogens (tertiary/aromatic N) is 1. The molecule has 2 rings (SSSR count). The molecule has 3 N–H and O–H groups in total. The van der Waals surface area contributed by atoms with Gasteiger partial charge >= 0.3 is 0 Å². The van der Waals surface area contributed by atoms with Crippen molar-refractivity contribution in [3.8, 4) is 0 Å². The van der Waals surface area contributed by atoms with Crippen molar-refractivity contribution >= 4 is 11.8 Å². The highest BCUT2D eigenvalue weighted by Crippen LogP contribution is 2.15. The Labute approximate surface area is 125 Å². The Morgan fingerprint density at radius 1 is 1.24 bits per heavy atom. The van der Waals surface area contributed by atoms with Gasteiger partial charge in [0.25, 0.3) is 5.91 Å². The van der Waals surface area contributed by atoms with Crippen LogP contribution < -0.4 is 11.1 Å². The lowest BCUT2D eigenvalue weighted by Crippen LogP contribution is -2.46. The summed E-state index contributed by atoms with van der Waals surface area (Å²) in [7, 11) is 0. The van der Waals surface area contributed by atoms with Crippen molar-refractivity contribution in [2.45, 2.75) is 32.2 Å². The number of benzene rings is 1. The third-order valence-electron chi connectivity index (χ3n) is 3.82. The maximum Gasteiger partial charge on any atom is 0.253 e. The van der Waals surface area contributed by atoms with Gasteiger partial charge in [-0.25, -0.2) is 0 Å². The van der Waals surface area contributed by atoms with Crippen LogP contribution in [0, 0.1) is 0 Å². The van der Waals surface area contributed by atoms with Crippen LogP contribution in [0.3, 0.4) is 0 Å². The Bertz CT molecular complexity index is 491. The highest BCUT2D eigenvalue weighted by Gasteiger charge is 2.23. The van der Waals surface area contributed by atoms with Gasteiger partial charge in [0.1, 0.15) is 0 Å². The molecular weight excluding hydrogens is 266 g/mol. The van der Waals surface area contributed by atoms with E-state index in [0.29, 0.717) is 25.2 Å². The molecule has 114 valence electrons. The maximum absolute atomic E-state index is 12.4. The minimum absolute atomic E-state index is 0.00438. The van der Waals surface area contributed by atoms with Crippen molar-refractivity contribution in [1.82, 2.24) is 10.2 Å². The smallest absolute Gasteiger partial charge is 0.253 e. The standard InChI is InChI=1S/C16H23N3O2/c1-12(20)18-15-7-10-19(11-8-15)16(21)14-4-2-13(3-5-14)6-9-17/h2-5,15H,6-11,17H2,1H3,(H,18,20). The van der Waals surface area contributed by atoms with Crippen LogP contribution in [-0.2, 0) is 11.2 Å². The number of piperidine rings is 1. The molecule has 1 saturated heterocycles. The first-order chi connectivity index (χ1) is 10.1. The van der Waals surface area contributed by atoms with Crippen LogP contribution in [0.1, 0.15) is 35.7 Å². The third kappa shape index (κ3) is 4.29. The zero-order valence-electron chi connectivity index (χ0n) is 12.5. The highest BCUT2D eigenvalue weighted by atomic mass is 16.2. The van der Waals surface area contributed by atoms with Crippen molar-refractivity contribution < 1.29 is 9.59 Å². The number of amides is 2. The molecule has 0 radical (unpaired) electrons. The molecule has 0 spiro atoms. The van der Waals surface area contributed by atoms with Crippen molar-refractivity contribution in [3.05, 3.63) is 35.4 Å². The number of hydrogen-bond donors (Lipinski definition) is 2. The summed E-state index contributed by atoms with van der Waals surface area (Å²) in [4.78, 5) is 25.3. The van der Waals surface area contributed by atoms with Gasteiger partial charge in [-0.05, 0) is 43.5 Å². The summed E-state index contributed by atoms with van der Waals surface area (Å²) in [6.07, 6.45) is 2.46. The van der Waals surface area contributed by atoms with Crippen LogP contribution in [0.15, 0.2) is 24.3 Å². The van der Waals surface area contributed by atoms with Gasteiger partial charge < -0.3 is 16.0 Å². The molecule has 1 aliphatic rings. The largest absolute Gasteiger partial charge is 0.353 e. The van der Waals surface area contributed by atoms with E-state index in [-0.39, 0.29) is 17.9 Å². The van der Waals surface area contributed by atoms with E-state index in [1.165, 1.54) is 6.92 Å². The lowest BCUT2D eigenvalue weighted by molar-refractivity contribution is -0.119. The fraction of sp³-hybridized carbons (Fsp3) is 0.500. The van der Waals surface area contributed by atoms with Crippen molar-refractivity contribution in [2.75, 3.05) is 19.6 Å². The molecule has 21 heavy (non-hydrogen) atoms. The monoisotopic (exact) mass is 289 g/mol. The second kappa shape index (κ2) is 7.22. The van der Waals surface area contributed by atoms with Gasteiger partial charge in [-0.2, -0.15) is 0 Å². The topological polar surface area (TPSA) is 75.4 Å². The summed E-state index contributed by atoms with van der Waals surface area (Å²) < 4.78 is 0. The fourth-order valence-corrected chi connectivity index (χ4v) is 2.68. The summed E-state index contributed by atoms with van der Waals surface area (Å²) in [5.74, 6) is 0.0610. The van der Waals surface area contributed by atoms with Crippen LogP contribution in [0.2, 0.25) is 0 Å². The predicted molar refractivity (Wildman–Crippen MR) is 81.9 cm³/mol. The Hall–Kier alpha value is -1.88. The molecule has 1 fully saturated rings. The minimum Gasteiger partial charge on any atom is -0.353 e. The van der Waals surface area contributed by atoms with Gasteiger partial charge in [0, 0.05) is 31.6 Å². The van der Waals surface area contributed by atoms with E-state index in [9.17, 15) is 9.59 Å².